The van der Waals surface area contributed by atoms with Crippen LogP contribution in [-0.2, 0) is 0 Å². The molecule has 3 N–H and O–H groups in total. The van der Waals surface area contributed by atoms with Gasteiger partial charge in [-0.1, -0.05) is 0 Å². The first kappa shape index (κ1) is 13.4. The van der Waals surface area contributed by atoms with Gasteiger partial charge in [-0.2, -0.15) is 5.26 Å². The van der Waals surface area contributed by atoms with Gasteiger partial charge in [-0.05, 0) is 30.9 Å². The molecule has 0 amide bonds. The number of halogens is 2. The van der Waals surface area contributed by atoms with Gasteiger partial charge < -0.3 is 11.1 Å². The van der Waals surface area contributed by atoms with Crippen LogP contribution in [0.25, 0.3) is 5.69 Å². The minimum Gasteiger partial charge on any atom is -0.382 e. The second-order valence-corrected chi connectivity index (χ2v) is 5.05. The van der Waals surface area contributed by atoms with Gasteiger partial charge in [-0.25, -0.2) is 13.5 Å². The monoisotopic (exact) mass is 289 g/mol. The molecular formula is C14H13F2N5. The second kappa shape index (κ2) is 5.05. The highest BCUT2D eigenvalue weighted by Crippen LogP contribution is 2.31. The number of benzene rings is 1. The number of hydrogen-bond acceptors (Lipinski definition) is 4. The van der Waals surface area contributed by atoms with Crippen LogP contribution in [0.2, 0.25) is 0 Å². The number of nitrogens with two attached hydrogens (primary N) is 1. The standard InChI is InChI=1S/C14H13F2N5/c15-9-3-4-12(11(16)5-9)21-13(18)10(6-17)14(20-21)19-7-8-1-2-8/h3-5,8H,1-2,7,18H2,(H,19,20). The van der Waals surface area contributed by atoms with Crippen molar-refractivity contribution < 1.29 is 8.78 Å². The maximum atomic E-state index is 13.8. The van der Waals surface area contributed by atoms with Gasteiger partial charge in [0, 0.05) is 12.6 Å². The summed E-state index contributed by atoms with van der Waals surface area (Å²) >= 11 is 0. The third-order valence-electron chi connectivity index (χ3n) is 3.43. The molecule has 0 unspecified atom stereocenters. The number of aromatic nitrogens is 2. The van der Waals surface area contributed by atoms with Crippen LogP contribution in [0.15, 0.2) is 18.2 Å². The third-order valence-corrected chi connectivity index (χ3v) is 3.43. The number of nitrogens with one attached hydrogen (secondary N) is 1. The lowest BCUT2D eigenvalue weighted by Gasteiger charge is -2.05. The number of nitrogens with zero attached hydrogens (tertiary/aromatic N) is 3. The first-order valence-electron chi connectivity index (χ1n) is 6.58. The molecule has 5 nitrogen and oxygen atoms in total. The van der Waals surface area contributed by atoms with Crippen molar-refractivity contribution in [1.29, 1.82) is 5.26 Å². The van der Waals surface area contributed by atoms with E-state index in [1.807, 2.05) is 6.07 Å². The van der Waals surface area contributed by atoms with Gasteiger partial charge in [0.15, 0.2) is 11.6 Å². The van der Waals surface area contributed by atoms with Crippen LogP contribution in [0.5, 0.6) is 0 Å². The van der Waals surface area contributed by atoms with Crippen molar-refractivity contribution in [1.82, 2.24) is 9.78 Å². The van der Waals surface area contributed by atoms with Crippen LogP contribution in [0.3, 0.4) is 0 Å². The van der Waals surface area contributed by atoms with Crippen LogP contribution in [-0.4, -0.2) is 16.3 Å². The van der Waals surface area contributed by atoms with Gasteiger partial charge in [0.1, 0.15) is 29.0 Å². The predicted octanol–water partition coefficient (Wildman–Crippen LogP) is 2.43. The van der Waals surface area contributed by atoms with Crippen LogP contribution in [0.1, 0.15) is 18.4 Å². The molecule has 1 aromatic heterocycles. The number of rotatable bonds is 4. The van der Waals surface area contributed by atoms with E-state index in [1.165, 1.54) is 6.07 Å². The minimum absolute atomic E-state index is 0.00451. The molecule has 0 bridgehead atoms. The molecule has 1 aliphatic carbocycles. The Bertz CT molecular complexity index is 728. The second-order valence-electron chi connectivity index (χ2n) is 5.05. The summed E-state index contributed by atoms with van der Waals surface area (Å²) in [7, 11) is 0. The summed E-state index contributed by atoms with van der Waals surface area (Å²) in [6.45, 7) is 0.705. The van der Waals surface area contributed by atoms with Crippen molar-refractivity contribution in [3.8, 4) is 11.8 Å². The van der Waals surface area contributed by atoms with E-state index in [0.29, 0.717) is 18.3 Å². The lowest BCUT2D eigenvalue weighted by Crippen LogP contribution is -2.06. The average molecular weight is 289 g/mol. The Hall–Kier alpha value is -2.62. The van der Waals surface area contributed by atoms with E-state index in [2.05, 4.69) is 10.4 Å². The zero-order chi connectivity index (χ0) is 15.0. The van der Waals surface area contributed by atoms with E-state index in [1.54, 1.807) is 0 Å². The van der Waals surface area contributed by atoms with Gasteiger partial charge in [-0.15, -0.1) is 5.10 Å². The highest BCUT2D eigenvalue weighted by Gasteiger charge is 2.23. The molecule has 108 valence electrons. The van der Waals surface area contributed by atoms with Crippen molar-refractivity contribution in [2.75, 3.05) is 17.6 Å². The Kier molecular flexibility index (Phi) is 3.22. The van der Waals surface area contributed by atoms with E-state index < -0.39 is 11.6 Å². The Morgan fingerprint density at radius 1 is 1.43 bits per heavy atom. The molecule has 2 aromatic rings. The smallest absolute Gasteiger partial charge is 0.168 e. The molecule has 1 saturated carbocycles. The number of nitrogen functional groups attached to an aromatic ring is 1. The summed E-state index contributed by atoms with van der Waals surface area (Å²) in [5.41, 5.74) is 6.02. The lowest BCUT2D eigenvalue weighted by molar-refractivity contribution is 0.574. The van der Waals surface area contributed by atoms with E-state index >= 15 is 0 Å². The molecule has 1 fully saturated rings. The summed E-state index contributed by atoms with van der Waals surface area (Å²) in [6.07, 6.45) is 2.30. The van der Waals surface area contributed by atoms with E-state index in [4.69, 9.17) is 5.73 Å². The molecule has 0 radical (unpaired) electrons. The van der Waals surface area contributed by atoms with Gasteiger partial charge in [-0.3, -0.25) is 0 Å². The Morgan fingerprint density at radius 3 is 2.81 bits per heavy atom. The summed E-state index contributed by atoms with van der Waals surface area (Å²) in [5, 5.41) is 16.4. The Morgan fingerprint density at radius 2 is 2.19 bits per heavy atom. The highest BCUT2D eigenvalue weighted by molar-refractivity contribution is 5.66. The van der Waals surface area contributed by atoms with Crippen LogP contribution < -0.4 is 11.1 Å². The van der Waals surface area contributed by atoms with Crippen molar-refractivity contribution in [3.63, 3.8) is 0 Å². The van der Waals surface area contributed by atoms with Gasteiger partial charge in [0.05, 0.1) is 0 Å². The van der Waals surface area contributed by atoms with Crippen LogP contribution in [0.4, 0.5) is 20.4 Å². The minimum atomic E-state index is -0.789. The quantitative estimate of drug-likeness (QED) is 0.906. The highest BCUT2D eigenvalue weighted by atomic mass is 19.1. The SMILES string of the molecule is N#Cc1c(NCC2CC2)nn(-c2ccc(F)cc2F)c1N. The zero-order valence-corrected chi connectivity index (χ0v) is 11.1. The van der Waals surface area contributed by atoms with Crippen molar-refractivity contribution in [2.45, 2.75) is 12.8 Å². The van der Waals surface area contributed by atoms with Crippen molar-refractivity contribution in [3.05, 3.63) is 35.4 Å². The lowest BCUT2D eigenvalue weighted by atomic mass is 10.3. The largest absolute Gasteiger partial charge is 0.382 e. The number of nitriles is 1. The molecule has 21 heavy (non-hydrogen) atoms. The summed E-state index contributed by atoms with van der Waals surface area (Å²) in [6, 6.07) is 5.06. The average Bonchev–Trinajstić information content (AvgIpc) is 3.22. The molecule has 0 saturated heterocycles. The number of anilines is 2. The van der Waals surface area contributed by atoms with Gasteiger partial charge in [0.2, 0.25) is 0 Å². The molecule has 1 aromatic carbocycles. The summed E-state index contributed by atoms with van der Waals surface area (Å²) in [5.74, 6) is -0.533. The van der Waals surface area contributed by atoms with Crippen molar-refractivity contribution in [2.24, 2.45) is 5.92 Å². The fourth-order valence-corrected chi connectivity index (χ4v) is 2.06. The first-order valence-corrected chi connectivity index (χ1v) is 6.58. The number of hydrogen-bond donors (Lipinski definition) is 2. The Labute approximate surface area is 120 Å². The molecular weight excluding hydrogens is 276 g/mol. The maximum Gasteiger partial charge on any atom is 0.168 e. The predicted molar refractivity (Wildman–Crippen MR) is 73.8 cm³/mol. The third kappa shape index (κ3) is 2.52. The molecule has 0 aliphatic heterocycles. The normalized spacial score (nSPS) is 14.0. The molecule has 3 rings (SSSR count). The zero-order valence-electron chi connectivity index (χ0n) is 11.1. The fourth-order valence-electron chi connectivity index (χ4n) is 2.06. The Balaban J connectivity index is 1.99. The first-order chi connectivity index (χ1) is 10.1. The topological polar surface area (TPSA) is 79.7 Å². The van der Waals surface area contributed by atoms with Gasteiger partial charge >= 0.3 is 0 Å². The molecule has 0 atom stereocenters. The van der Waals surface area contributed by atoms with Gasteiger partial charge in [0.25, 0.3) is 0 Å². The van der Waals surface area contributed by atoms with Crippen LogP contribution in [0, 0.1) is 28.9 Å². The fraction of sp³-hybridized carbons (Fsp3) is 0.286. The van der Waals surface area contributed by atoms with E-state index in [0.717, 1.165) is 29.7 Å². The molecule has 1 aliphatic rings. The van der Waals surface area contributed by atoms with E-state index in [9.17, 15) is 14.0 Å². The molecule has 7 heteroatoms. The summed E-state index contributed by atoms with van der Waals surface area (Å²) in [4.78, 5) is 0. The maximum absolute atomic E-state index is 13.8. The van der Waals surface area contributed by atoms with Crippen molar-refractivity contribution >= 4 is 11.6 Å². The van der Waals surface area contributed by atoms with Crippen LogP contribution >= 0.6 is 0 Å². The molecule has 1 heterocycles. The summed E-state index contributed by atoms with van der Waals surface area (Å²) < 4.78 is 27.9. The molecule has 0 spiro atoms. The van der Waals surface area contributed by atoms with E-state index in [-0.39, 0.29) is 17.1 Å².